The lowest BCUT2D eigenvalue weighted by molar-refractivity contribution is 0.319. The maximum atomic E-state index is 5.52. The van der Waals surface area contributed by atoms with Gasteiger partial charge in [-0.05, 0) is 29.0 Å². The van der Waals surface area contributed by atoms with E-state index in [2.05, 4.69) is 11.4 Å². The van der Waals surface area contributed by atoms with Crippen LogP contribution in [0.3, 0.4) is 0 Å². The molecule has 0 unspecified atom stereocenters. The van der Waals surface area contributed by atoms with E-state index in [1.165, 1.54) is 4.88 Å². The van der Waals surface area contributed by atoms with Gasteiger partial charge in [0.2, 0.25) is 0 Å². The summed E-state index contributed by atoms with van der Waals surface area (Å²) in [5.41, 5.74) is 0. The van der Waals surface area contributed by atoms with Crippen molar-refractivity contribution in [2.75, 3.05) is 0 Å². The Bertz CT molecular complexity index is 276. The molecule has 0 amide bonds. The zero-order valence-corrected chi connectivity index (χ0v) is 8.03. The Labute approximate surface area is 79.2 Å². The Morgan fingerprint density at radius 3 is 2.58 bits per heavy atom. The van der Waals surface area contributed by atoms with Gasteiger partial charge >= 0.3 is 0 Å². The first-order valence-electron chi connectivity index (χ1n) is 3.64. The minimum absolute atomic E-state index is 0.693. The summed E-state index contributed by atoms with van der Waals surface area (Å²) in [6.07, 6.45) is 0. The lowest BCUT2D eigenvalue weighted by Gasteiger charge is -1.98. The van der Waals surface area contributed by atoms with Gasteiger partial charge in [0, 0.05) is 4.88 Å². The summed E-state index contributed by atoms with van der Waals surface area (Å²) in [5, 5.41) is 5.07. The van der Waals surface area contributed by atoms with E-state index < -0.39 is 0 Å². The van der Waals surface area contributed by atoms with Crippen LogP contribution in [-0.4, -0.2) is 0 Å². The summed E-state index contributed by atoms with van der Waals surface area (Å²) in [6.45, 7) is 0.693. The fraction of sp³-hybridized carbons (Fsp3) is 0.111. The van der Waals surface area contributed by atoms with Crippen molar-refractivity contribution in [2.24, 2.45) is 0 Å². The van der Waals surface area contributed by atoms with E-state index in [9.17, 15) is 0 Å². The fourth-order valence-electron chi connectivity index (χ4n) is 0.883. The first kappa shape index (κ1) is 7.83. The lowest BCUT2D eigenvalue weighted by atomic mass is 10.5. The molecule has 0 radical (unpaired) electrons. The number of hydrogen-bond donors (Lipinski definition) is 0. The summed E-state index contributed by atoms with van der Waals surface area (Å²) < 4.78 is 5.52. The second kappa shape index (κ2) is 3.74. The zero-order chi connectivity index (χ0) is 8.23. The van der Waals surface area contributed by atoms with Gasteiger partial charge in [-0.1, -0.05) is 6.07 Å². The first-order chi connectivity index (χ1) is 5.95. The van der Waals surface area contributed by atoms with Crippen molar-refractivity contribution in [3.05, 3.63) is 39.9 Å². The number of ether oxygens (including phenoxy) is 1. The summed E-state index contributed by atoms with van der Waals surface area (Å²) in [6, 6.07) is 8.10. The van der Waals surface area contributed by atoms with Crippen LogP contribution in [0.5, 0.6) is 5.06 Å². The second-order valence-electron chi connectivity index (χ2n) is 2.30. The normalized spacial score (nSPS) is 10.0. The Balaban J connectivity index is 1.91. The summed E-state index contributed by atoms with van der Waals surface area (Å²) in [7, 11) is 0. The highest BCUT2D eigenvalue weighted by Crippen LogP contribution is 2.20. The molecule has 0 atom stereocenters. The van der Waals surface area contributed by atoms with Gasteiger partial charge < -0.3 is 4.74 Å². The number of thiophene rings is 2. The van der Waals surface area contributed by atoms with Gasteiger partial charge in [0.15, 0.2) is 5.06 Å². The molecular formula is C9H8OS2. The van der Waals surface area contributed by atoms with Crippen LogP contribution >= 0.6 is 22.7 Å². The number of hydrogen-bond acceptors (Lipinski definition) is 3. The maximum Gasteiger partial charge on any atom is 0.174 e. The van der Waals surface area contributed by atoms with Crippen molar-refractivity contribution < 1.29 is 4.74 Å². The Hall–Kier alpha value is -0.800. The van der Waals surface area contributed by atoms with Gasteiger partial charge in [0.1, 0.15) is 6.61 Å². The SMILES string of the molecule is c1csc(COc2cccs2)c1. The third kappa shape index (κ3) is 1.87. The van der Waals surface area contributed by atoms with Gasteiger partial charge in [-0.15, -0.1) is 22.7 Å². The predicted octanol–water partition coefficient (Wildman–Crippen LogP) is 3.39. The van der Waals surface area contributed by atoms with Crippen molar-refractivity contribution in [1.29, 1.82) is 0 Å². The molecule has 2 aromatic rings. The summed E-state index contributed by atoms with van der Waals surface area (Å²) in [4.78, 5) is 1.27. The van der Waals surface area contributed by atoms with Crippen molar-refractivity contribution in [2.45, 2.75) is 6.61 Å². The number of rotatable bonds is 3. The fourth-order valence-corrected chi connectivity index (χ4v) is 2.07. The molecule has 1 nitrogen and oxygen atoms in total. The van der Waals surface area contributed by atoms with Crippen LogP contribution in [0.15, 0.2) is 35.0 Å². The lowest BCUT2D eigenvalue weighted by Crippen LogP contribution is -1.89. The molecule has 3 heteroatoms. The average molecular weight is 196 g/mol. The minimum Gasteiger partial charge on any atom is -0.479 e. The molecule has 0 aliphatic heterocycles. The molecule has 2 heterocycles. The summed E-state index contributed by atoms with van der Waals surface area (Å²) >= 11 is 3.35. The van der Waals surface area contributed by atoms with Crippen molar-refractivity contribution in [1.82, 2.24) is 0 Å². The van der Waals surface area contributed by atoms with E-state index in [0.717, 1.165) is 5.06 Å². The Morgan fingerprint density at radius 1 is 1.08 bits per heavy atom. The zero-order valence-electron chi connectivity index (χ0n) is 6.40. The van der Waals surface area contributed by atoms with Crippen LogP contribution in [0.4, 0.5) is 0 Å². The van der Waals surface area contributed by atoms with Crippen LogP contribution in [-0.2, 0) is 6.61 Å². The third-order valence-electron chi connectivity index (χ3n) is 1.43. The Kier molecular flexibility index (Phi) is 2.44. The van der Waals surface area contributed by atoms with E-state index in [1.54, 1.807) is 22.7 Å². The van der Waals surface area contributed by atoms with Crippen LogP contribution in [0.1, 0.15) is 4.88 Å². The molecule has 0 aromatic carbocycles. The van der Waals surface area contributed by atoms with Crippen molar-refractivity contribution in [3.8, 4) is 5.06 Å². The predicted molar refractivity (Wildman–Crippen MR) is 53.0 cm³/mol. The van der Waals surface area contributed by atoms with Gasteiger partial charge in [0.05, 0.1) is 0 Å². The second-order valence-corrected chi connectivity index (χ2v) is 4.24. The molecule has 0 fully saturated rings. The van der Waals surface area contributed by atoms with Gasteiger partial charge in [-0.2, -0.15) is 0 Å². The van der Waals surface area contributed by atoms with Gasteiger partial charge in [-0.25, -0.2) is 0 Å². The Morgan fingerprint density at radius 2 is 1.92 bits per heavy atom. The molecule has 0 bridgehead atoms. The molecule has 0 saturated carbocycles. The maximum absolute atomic E-state index is 5.52. The van der Waals surface area contributed by atoms with Crippen LogP contribution < -0.4 is 4.74 Å². The van der Waals surface area contributed by atoms with E-state index in [1.807, 2.05) is 23.6 Å². The molecule has 0 aliphatic rings. The molecule has 0 aliphatic carbocycles. The smallest absolute Gasteiger partial charge is 0.174 e. The van der Waals surface area contributed by atoms with Gasteiger partial charge in [0.25, 0.3) is 0 Å². The quantitative estimate of drug-likeness (QED) is 0.731. The molecular weight excluding hydrogens is 188 g/mol. The molecule has 12 heavy (non-hydrogen) atoms. The highest BCUT2D eigenvalue weighted by atomic mass is 32.1. The topological polar surface area (TPSA) is 9.23 Å². The molecule has 0 N–H and O–H groups in total. The van der Waals surface area contributed by atoms with E-state index in [4.69, 9.17) is 4.74 Å². The summed E-state index contributed by atoms with van der Waals surface area (Å²) in [5.74, 6) is 0. The molecule has 2 rings (SSSR count). The largest absolute Gasteiger partial charge is 0.479 e. The third-order valence-corrected chi connectivity index (χ3v) is 3.06. The highest BCUT2D eigenvalue weighted by molar-refractivity contribution is 7.11. The highest BCUT2D eigenvalue weighted by Gasteiger charge is 1.95. The molecule has 2 aromatic heterocycles. The monoisotopic (exact) mass is 196 g/mol. The van der Waals surface area contributed by atoms with E-state index >= 15 is 0 Å². The molecule has 0 spiro atoms. The van der Waals surface area contributed by atoms with Crippen LogP contribution in [0.25, 0.3) is 0 Å². The average Bonchev–Trinajstić information content (AvgIpc) is 2.74. The van der Waals surface area contributed by atoms with Gasteiger partial charge in [-0.3, -0.25) is 0 Å². The molecule has 62 valence electrons. The van der Waals surface area contributed by atoms with Crippen molar-refractivity contribution >= 4 is 22.7 Å². The van der Waals surface area contributed by atoms with E-state index in [0.29, 0.717) is 6.61 Å². The van der Waals surface area contributed by atoms with Crippen molar-refractivity contribution in [3.63, 3.8) is 0 Å². The first-order valence-corrected chi connectivity index (χ1v) is 5.40. The minimum atomic E-state index is 0.693. The molecule has 0 saturated heterocycles. The van der Waals surface area contributed by atoms with E-state index in [-0.39, 0.29) is 0 Å². The standard InChI is InChI=1S/C9H8OS2/c1-3-8(11-5-1)7-10-9-4-2-6-12-9/h1-6H,7H2. The van der Waals surface area contributed by atoms with Crippen LogP contribution in [0.2, 0.25) is 0 Å². The van der Waals surface area contributed by atoms with Crippen LogP contribution in [0, 0.1) is 0 Å².